The van der Waals surface area contributed by atoms with Crippen molar-refractivity contribution in [2.24, 2.45) is 7.05 Å². The lowest BCUT2D eigenvalue weighted by atomic mass is 9.92. The average Bonchev–Trinajstić information content (AvgIpc) is 3.38. The van der Waals surface area contributed by atoms with Crippen LogP contribution in [-0.4, -0.2) is 40.0 Å². The molecule has 0 spiro atoms. The number of benzene rings is 1. The van der Waals surface area contributed by atoms with Crippen LogP contribution in [0.15, 0.2) is 41.7 Å². The van der Waals surface area contributed by atoms with Crippen LogP contribution in [0, 0.1) is 11.8 Å². The first-order valence-corrected chi connectivity index (χ1v) is 11.1. The molecule has 0 N–H and O–H groups in total. The van der Waals surface area contributed by atoms with Gasteiger partial charge in [0, 0.05) is 24.9 Å². The maximum atomic E-state index is 12.8. The molecule has 8 nitrogen and oxygen atoms in total. The number of hydrogen-bond acceptors (Lipinski definition) is 6. The lowest BCUT2D eigenvalue weighted by Crippen LogP contribution is -2.50. The van der Waals surface area contributed by atoms with Crippen LogP contribution in [-0.2, 0) is 11.8 Å². The fraction of sp³-hybridized carbons (Fsp3) is 0.346. The van der Waals surface area contributed by atoms with Gasteiger partial charge in [0.25, 0.3) is 0 Å². The first-order chi connectivity index (χ1) is 16.2. The van der Waals surface area contributed by atoms with Crippen molar-refractivity contribution in [3.05, 3.63) is 69.5 Å². The minimum Gasteiger partial charge on any atom is -0.495 e. The van der Waals surface area contributed by atoms with Crippen molar-refractivity contribution in [2.75, 3.05) is 19.2 Å². The number of nitrogens with zero attached hydrogens (tertiary/aromatic N) is 4. The zero-order valence-corrected chi connectivity index (χ0v) is 19.9. The van der Waals surface area contributed by atoms with Gasteiger partial charge in [-0.15, -0.1) is 0 Å². The number of rotatable bonds is 2. The first-order valence-electron chi connectivity index (χ1n) is 11.1. The molecule has 1 atom stereocenters. The van der Waals surface area contributed by atoms with Gasteiger partial charge < -0.3 is 14.0 Å². The lowest BCUT2D eigenvalue weighted by molar-refractivity contribution is 0.0598. The fourth-order valence-electron chi connectivity index (χ4n) is 5.01. The van der Waals surface area contributed by atoms with E-state index in [1.807, 2.05) is 22.4 Å². The smallest absolute Gasteiger partial charge is 0.343 e. The third kappa shape index (κ3) is 3.27. The zero-order chi connectivity index (χ0) is 24.2. The summed E-state index contributed by atoms with van der Waals surface area (Å²) in [5, 5.41) is 2.25. The molecule has 5 rings (SSSR count). The van der Waals surface area contributed by atoms with Crippen molar-refractivity contribution < 1.29 is 14.3 Å². The van der Waals surface area contributed by atoms with E-state index in [2.05, 4.69) is 41.7 Å². The van der Waals surface area contributed by atoms with Crippen LogP contribution in [0.2, 0.25) is 0 Å². The highest BCUT2D eigenvalue weighted by molar-refractivity contribution is 5.89. The van der Waals surface area contributed by atoms with E-state index in [1.165, 1.54) is 13.2 Å². The van der Waals surface area contributed by atoms with Crippen LogP contribution in [0.4, 0.5) is 0 Å². The fourth-order valence-corrected chi connectivity index (χ4v) is 5.01. The Kier molecular flexibility index (Phi) is 5.01. The van der Waals surface area contributed by atoms with Gasteiger partial charge in [0.2, 0.25) is 0 Å². The number of fused-ring (bicyclic) bond motifs is 6. The number of aromatic nitrogens is 3. The highest BCUT2D eigenvalue weighted by atomic mass is 16.5. The largest absolute Gasteiger partial charge is 0.495 e. The molecule has 8 heteroatoms. The Balaban J connectivity index is 1.74. The van der Waals surface area contributed by atoms with E-state index in [-0.39, 0.29) is 22.6 Å². The number of hydrogen-bond donors (Lipinski definition) is 0. The standard InChI is InChI=1S/C26H26N4O4/c1-26(2)9-8-21-18-10-16(6-7-17-13-27-15-28(17)3)24(33-4)11-19(18)22-12-23(31)20(25(32)34-5)14-29(22)30(21)26/h10-15,21H,8-9H2,1-5H3/t21-/m1/s1. The molecule has 0 saturated carbocycles. The summed E-state index contributed by atoms with van der Waals surface area (Å²) in [5.41, 5.74) is 3.73. The van der Waals surface area contributed by atoms with Gasteiger partial charge in [-0.2, -0.15) is 0 Å². The van der Waals surface area contributed by atoms with Gasteiger partial charge in [0.05, 0.1) is 49.6 Å². The van der Waals surface area contributed by atoms with E-state index in [4.69, 9.17) is 9.47 Å². The second-order valence-corrected chi connectivity index (χ2v) is 9.26. The number of carbonyl (C=O) groups is 1. The molecule has 0 unspecified atom stereocenters. The summed E-state index contributed by atoms with van der Waals surface area (Å²) in [6.07, 6.45) is 6.93. The monoisotopic (exact) mass is 458 g/mol. The van der Waals surface area contributed by atoms with Crippen LogP contribution in [0.25, 0.3) is 11.3 Å². The Hall–Kier alpha value is -3.99. The molecule has 1 aromatic carbocycles. The number of methoxy groups -OCH3 is 2. The van der Waals surface area contributed by atoms with Crippen LogP contribution in [0.1, 0.15) is 59.9 Å². The van der Waals surface area contributed by atoms with Crippen molar-refractivity contribution in [1.82, 2.24) is 14.2 Å². The molecule has 2 aromatic heterocycles. The van der Waals surface area contributed by atoms with Crippen molar-refractivity contribution in [3.8, 4) is 28.8 Å². The Morgan fingerprint density at radius 1 is 1.21 bits per heavy atom. The van der Waals surface area contributed by atoms with Gasteiger partial charge in [-0.1, -0.05) is 5.92 Å². The van der Waals surface area contributed by atoms with Gasteiger partial charge in [0.1, 0.15) is 17.0 Å². The van der Waals surface area contributed by atoms with Crippen LogP contribution in [0.5, 0.6) is 5.75 Å². The maximum absolute atomic E-state index is 12.8. The predicted octanol–water partition coefficient (Wildman–Crippen LogP) is 3.01. The molecule has 34 heavy (non-hydrogen) atoms. The molecule has 0 aliphatic carbocycles. The lowest BCUT2D eigenvalue weighted by Gasteiger charge is -2.44. The van der Waals surface area contributed by atoms with E-state index < -0.39 is 5.97 Å². The number of esters is 1. The molecule has 4 heterocycles. The first kappa shape index (κ1) is 21.8. The summed E-state index contributed by atoms with van der Waals surface area (Å²) >= 11 is 0. The van der Waals surface area contributed by atoms with Gasteiger partial charge in [0.15, 0.2) is 5.43 Å². The van der Waals surface area contributed by atoms with Crippen LogP contribution < -0.4 is 15.2 Å². The predicted molar refractivity (Wildman–Crippen MR) is 127 cm³/mol. The Morgan fingerprint density at radius 3 is 2.68 bits per heavy atom. The molecule has 174 valence electrons. The van der Waals surface area contributed by atoms with Crippen LogP contribution in [0.3, 0.4) is 0 Å². The quantitative estimate of drug-likeness (QED) is 0.434. The summed E-state index contributed by atoms with van der Waals surface area (Å²) in [5.74, 6) is 6.39. The summed E-state index contributed by atoms with van der Waals surface area (Å²) < 4.78 is 14.3. The molecule has 0 radical (unpaired) electrons. The molecular formula is C26H26N4O4. The van der Waals surface area contributed by atoms with Crippen molar-refractivity contribution in [1.29, 1.82) is 0 Å². The molecule has 1 fully saturated rings. The van der Waals surface area contributed by atoms with E-state index in [1.54, 1.807) is 25.8 Å². The molecular weight excluding hydrogens is 432 g/mol. The average molecular weight is 459 g/mol. The molecule has 2 aliphatic heterocycles. The number of ether oxygens (including phenoxy) is 2. The molecule has 0 amide bonds. The van der Waals surface area contributed by atoms with Gasteiger partial charge in [-0.25, -0.2) is 9.78 Å². The Labute approximate surface area is 197 Å². The maximum Gasteiger partial charge on any atom is 0.343 e. The van der Waals surface area contributed by atoms with E-state index in [9.17, 15) is 9.59 Å². The van der Waals surface area contributed by atoms with E-state index in [0.717, 1.165) is 35.2 Å². The van der Waals surface area contributed by atoms with Gasteiger partial charge >= 0.3 is 5.97 Å². The third-order valence-electron chi connectivity index (χ3n) is 6.76. The zero-order valence-electron chi connectivity index (χ0n) is 19.9. The van der Waals surface area contributed by atoms with E-state index in [0.29, 0.717) is 11.4 Å². The Morgan fingerprint density at radius 2 is 2.00 bits per heavy atom. The highest BCUT2D eigenvalue weighted by Crippen LogP contribution is 2.49. The van der Waals surface area contributed by atoms with Crippen LogP contribution >= 0.6 is 0 Å². The number of imidazole rings is 1. The molecule has 3 aromatic rings. The van der Waals surface area contributed by atoms with E-state index >= 15 is 0 Å². The van der Waals surface area contributed by atoms with Crippen molar-refractivity contribution in [3.63, 3.8) is 0 Å². The van der Waals surface area contributed by atoms with Crippen molar-refractivity contribution in [2.45, 2.75) is 38.3 Å². The summed E-state index contributed by atoms with van der Waals surface area (Å²) in [7, 11) is 4.79. The number of pyridine rings is 1. The second kappa shape index (κ2) is 7.80. The second-order valence-electron chi connectivity index (χ2n) is 9.26. The highest BCUT2D eigenvalue weighted by Gasteiger charge is 2.45. The topological polar surface area (TPSA) is 78.6 Å². The summed E-state index contributed by atoms with van der Waals surface area (Å²) in [6.45, 7) is 4.34. The summed E-state index contributed by atoms with van der Waals surface area (Å²) in [4.78, 5) is 29.2. The normalized spacial score (nSPS) is 17.2. The van der Waals surface area contributed by atoms with Gasteiger partial charge in [-0.05, 0) is 50.3 Å². The van der Waals surface area contributed by atoms with Crippen molar-refractivity contribution >= 4 is 5.97 Å². The third-order valence-corrected chi connectivity index (χ3v) is 6.76. The van der Waals surface area contributed by atoms with Gasteiger partial charge in [-0.3, -0.25) is 14.5 Å². The minimum atomic E-state index is -0.641. The minimum absolute atomic E-state index is 0.0155. The molecule has 2 aliphatic rings. The number of aryl methyl sites for hydroxylation is 1. The Bertz CT molecular complexity index is 1440. The SMILES string of the molecule is COC(=O)c1cn2c(cc1=O)-c1cc(OC)c(C#Cc3cncn3C)cc1[C@H]1CCC(C)(C)N12. The molecule has 0 bridgehead atoms. The summed E-state index contributed by atoms with van der Waals surface area (Å²) in [6, 6.07) is 5.58. The number of carbonyl (C=O) groups excluding carboxylic acids is 1. The molecule has 1 saturated heterocycles.